The lowest BCUT2D eigenvalue weighted by Gasteiger charge is -2.19. The van der Waals surface area contributed by atoms with Crippen LogP contribution in [0.25, 0.3) is 0 Å². The monoisotopic (exact) mass is 158 g/mol. The Kier molecular flexibility index (Phi) is 2.13. The highest BCUT2D eigenvalue weighted by Gasteiger charge is 2.35. The van der Waals surface area contributed by atoms with Gasteiger partial charge >= 0.3 is 0 Å². The maximum atomic E-state index is 10.6. The summed E-state index contributed by atoms with van der Waals surface area (Å²) in [4.78, 5) is 10.6. The van der Waals surface area contributed by atoms with Crippen molar-refractivity contribution in [1.82, 2.24) is 0 Å². The first-order chi connectivity index (χ1) is 4.62. The van der Waals surface area contributed by atoms with Crippen LogP contribution in [0.3, 0.4) is 0 Å². The number of hydrogen-bond acceptors (Lipinski definition) is 2. The molecule has 0 aromatic carbocycles. The van der Waals surface area contributed by atoms with Gasteiger partial charge in [0, 0.05) is 6.92 Å². The molecular formula is C7H14O2Si. The number of hydrogen-bond donors (Lipinski definition) is 0. The van der Waals surface area contributed by atoms with Gasteiger partial charge in [-0.05, 0) is 18.6 Å². The molecule has 0 bridgehead atoms. The van der Waals surface area contributed by atoms with Gasteiger partial charge in [-0.25, -0.2) is 0 Å². The van der Waals surface area contributed by atoms with Crippen LogP contribution in [0, 0.1) is 0 Å². The lowest BCUT2D eigenvalue weighted by molar-refractivity contribution is -0.132. The van der Waals surface area contributed by atoms with Crippen LogP contribution < -0.4 is 0 Å². The number of rotatable bonds is 1. The molecule has 1 saturated heterocycles. The molecule has 1 aliphatic heterocycles. The summed E-state index contributed by atoms with van der Waals surface area (Å²) in [5.41, 5.74) is 0. The van der Waals surface area contributed by atoms with Crippen molar-refractivity contribution in [2.45, 2.75) is 38.4 Å². The van der Waals surface area contributed by atoms with E-state index in [1.807, 2.05) is 0 Å². The van der Waals surface area contributed by atoms with E-state index in [0.717, 1.165) is 0 Å². The number of carbonyl (C=O) groups excluding carboxylic acids is 1. The van der Waals surface area contributed by atoms with Crippen LogP contribution in [0.5, 0.6) is 0 Å². The molecule has 1 fully saturated rings. The first kappa shape index (κ1) is 7.79. The predicted octanol–water partition coefficient (Wildman–Crippen LogP) is 1.92. The van der Waals surface area contributed by atoms with Gasteiger partial charge in [-0.3, -0.25) is 4.79 Å². The van der Waals surface area contributed by atoms with E-state index in [0.29, 0.717) is 0 Å². The second-order valence-corrected chi connectivity index (χ2v) is 7.35. The zero-order valence-corrected chi connectivity index (χ0v) is 7.64. The molecule has 0 spiro atoms. The molecule has 0 saturated carbocycles. The summed E-state index contributed by atoms with van der Waals surface area (Å²) in [7, 11) is -1.50. The van der Waals surface area contributed by atoms with Gasteiger partial charge in [0.1, 0.15) is 0 Å². The Hall–Kier alpha value is -0.313. The largest absolute Gasteiger partial charge is 0.520 e. The summed E-state index contributed by atoms with van der Waals surface area (Å²) < 4.78 is 5.30. The Morgan fingerprint density at radius 2 is 1.90 bits per heavy atom. The minimum atomic E-state index is -1.50. The Labute approximate surface area is 62.7 Å². The van der Waals surface area contributed by atoms with Crippen LogP contribution in [-0.4, -0.2) is 14.3 Å². The van der Waals surface area contributed by atoms with E-state index in [1.165, 1.54) is 31.9 Å². The van der Waals surface area contributed by atoms with Crippen LogP contribution in [0.4, 0.5) is 0 Å². The van der Waals surface area contributed by atoms with Crippen molar-refractivity contribution in [2.24, 2.45) is 0 Å². The summed E-state index contributed by atoms with van der Waals surface area (Å²) in [6.45, 7) is 3.66. The molecule has 10 heavy (non-hydrogen) atoms. The third-order valence-electron chi connectivity index (χ3n) is 2.05. The molecule has 0 N–H and O–H groups in total. The molecule has 2 nitrogen and oxygen atoms in total. The lowest BCUT2D eigenvalue weighted by atomic mass is 10.4. The summed E-state index contributed by atoms with van der Waals surface area (Å²) >= 11 is 0. The maximum Gasteiger partial charge on any atom is 0.289 e. The van der Waals surface area contributed by atoms with Gasteiger partial charge in [-0.2, -0.15) is 0 Å². The molecule has 0 radical (unpaired) electrons. The highest BCUT2D eigenvalue weighted by molar-refractivity contribution is 6.74. The predicted molar refractivity (Wildman–Crippen MR) is 42.2 cm³/mol. The Morgan fingerprint density at radius 1 is 1.40 bits per heavy atom. The van der Waals surface area contributed by atoms with Crippen LogP contribution in [0.2, 0.25) is 18.6 Å². The third kappa shape index (κ3) is 1.83. The van der Waals surface area contributed by atoms with Gasteiger partial charge in [0.15, 0.2) is 0 Å². The average molecular weight is 158 g/mol. The highest BCUT2D eigenvalue weighted by Crippen LogP contribution is 2.30. The minimum absolute atomic E-state index is 0.0870. The minimum Gasteiger partial charge on any atom is -0.520 e. The Morgan fingerprint density at radius 3 is 2.30 bits per heavy atom. The van der Waals surface area contributed by atoms with Gasteiger partial charge in [0.05, 0.1) is 0 Å². The SMILES string of the molecule is CC(=O)O[Si]1(C)CCCC1. The van der Waals surface area contributed by atoms with Crippen molar-refractivity contribution < 1.29 is 9.22 Å². The van der Waals surface area contributed by atoms with Crippen molar-refractivity contribution in [2.75, 3.05) is 0 Å². The summed E-state index contributed by atoms with van der Waals surface area (Å²) in [5.74, 6) is -0.0870. The topological polar surface area (TPSA) is 26.3 Å². The van der Waals surface area contributed by atoms with Crippen LogP contribution in [0.15, 0.2) is 0 Å². The molecular weight excluding hydrogens is 144 g/mol. The molecule has 0 amide bonds. The fourth-order valence-corrected chi connectivity index (χ4v) is 4.72. The van der Waals surface area contributed by atoms with Gasteiger partial charge in [0.2, 0.25) is 0 Å². The molecule has 1 heterocycles. The summed E-state index contributed by atoms with van der Waals surface area (Å²) in [5, 5.41) is 0. The zero-order chi connectivity index (χ0) is 7.61. The van der Waals surface area contributed by atoms with E-state index in [2.05, 4.69) is 6.55 Å². The van der Waals surface area contributed by atoms with Crippen molar-refractivity contribution in [3.05, 3.63) is 0 Å². The summed E-state index contributed by atoms with van der Waals surface area (Å²) in [6.07, 6.45) is 2.52. The molecule has 0 atom stereocenters. The van der Waals surface area contributed by atoms with Crippen LogP contribution in [-0.2, 0) is 9.22 Å². The molecule has 1 aliphatic rings. The van der Waals surface area contributed by atoms with Crippen molar-refractivity contribution in [3.63, 3.8) is 0 Å². The van der Waals surface area contributed by atoms with E-state index >= 15 is 0 Å². The molecule has 3 heteroatoms. The second kappa shape index (κ2) is 2.74. The quantitative estimate of drug-likeness (QED) is 0.545. The average Bonchev–Trinajstić information content (AvgIpc) is 2.12. The van der Waals surface area contributed by atoms with E-state index in [-0.39, 0.29) is 5.97 Å². The second-order valence-electron chi connectivity index (χ2n) is 3.25. The molecule has 0 unspecified atom stereocenters. The van der Waals surface area contributed by atoms with E-state index < -0.39 is 8.32 Å². The zero-order valence-electron chi connectivity index (χ0n) is 6.64. The van der Waals surface area contributed by atoms with Gasteiger partial charge < -0.3 is 4.43 Å². The Bertz CT molecular complexity index is 139. The molecule has 58 valence electrons. The highest BCUT2D eigenvalue weighted by atomic mass is 28.4. The van der Waals surface area contributed by atoms with Gasteiger partial charge in [-0.15, -0.1) is 0 Å². The first-order valence-electron chi connectivity index (χ1n) is 3.82. The maximum absolute atomic E-state index is 10.6. The third-order valence-corrected chi connectivity index (χ3v) is 5.65. The van der Waals surface area contributed by atoms with Crippen LogP contribution >= 0.6 is 0 Å². The Balaban J connectivity index is 2.43. The molecule has 0 aromatic heterocycles. The molecule has 0 aliphatic carbocycles. The normalized spacial score (nSPS) is 22.6. The van der Waals surface area contributed by atoms with E-state index in [4.69, 9.17) is 4.43 Å². The molecule has 0 aromatic rings. The van der Waals surface area contributed by atoms with Gasteiger partial charge in [0.25, 0.3) is 14.3 Å². The standard InChI is InChI=1S/C7H14O2Si/c1-7(8)9-10(2)5-3-4-6-10/h3-6H2,1-2H3. The van der Waals surface area contributed by atoms with Crippen molar-refractivity contribution in [1.29, 1.82) is 0 Å². The van der Waals surface area contributed by atoms with E-state index in [9.17, 15) is 4.79 Å². The van der Waals surface area contributed by atoms with Gasteiger partial charge in [-0.1, -0.05) is 12.8 Å². The van der Waals surface area contributed by atoms with Crippen molar-refractivity contribution in [3.8, 4) is 0 Å². The smallest absolute Gasteiger partial charge is 0.289 e. The lowest BCUT2D eigenvalue weighted by Crippen LogP contribution is -2.32. The van der Waals surface area contributed by atoms with Crippen LogP contribution in [0.1, 0.15) is 19.8 Å². The van der Waals surface area contributed by atoms with Crippen molar-refractivity contribution >= 4 is 14.3 Å². The fraction of sp³-hybridized carbons (Fsp3) is 0.857. The fourth-order valence-electron chi connectivity index (χ4n) is 1.57. The molecule has 1 rings (SSSR count). The summed E-state index contributed by atoms with van der Waals surface area (Å²) in [6, 6.07) is 2.35. The first-order valence-corrected chi connectivity index (χ1v) is 6.64. The van der Waals surface area contributed by atoms with E-state index in [1.54, 1.807) is 0 Å². The number of carbonyl (C=O) groups is 1.